The van der Waals surface area contributed by atoms with Gasteiger partial charge in [-0.2, -0.15) is 17.0 Å². The lowest BCUT2D eigenvalue weighted by atomic mass is 9.98. The lowest BCUT2D eigenvalue weighted by Crippen LogP contribution is -2.38. The predicted molar refractivity (Wildman–Crippen MR) is 99.7 cm³/mol. The van der Waals surface area contributed by atoms with Crippen LogP contribution in [0.1, 0.15) is 34.9 Å². The van der Waals surface area contributed by atoms with Crippen molar-refractivity contribution in [3.8, 4) is 0 Å². The molecule has 26 heavy (non-hydrogen) atoms. The molecule has 0 N–H and O–H groups in total. The standard InChI is InChI=1S/C19H24FN3O2S/c1-14-9-16(10-15-5-4-6-18(20)11-15)12-19(21-14)17-7-8-23(13-17)26(24,25)22(2)3/h4-6,9,11-12,17H,7-8,10,13H2,1-3H3/t17-/m1/s1. The van der Waals surface area contributed by atoms with Crippen molar-refractivity contribution in [3.63, 3.8) is 0 Å². The fraction of sp³-hybridized carbons (Fsp3) is 0.421. The number of pyridine rings is 1. The van der Waals surface area contributed by atoms with Gasteiger partial charge < -0.3 is 0 Å². The average molecular weight is 377 g/mol. The van der Waals surface area contributed by atoms with Crippen molar-refractivity contribution in [2.45, 2.75) is 25.7 Å². The Kier molecular flexibility index (Phi) is 5.41. The number of halogens is 1. The van der Waals surface area contributed by atoms with Crippen LogP contribution in [0.15, 0.2) is 36.4 Å². The average Bonchev–Trinajstić information content (AvgIpc) is 3.05. The second-order valence-corrected chi connectivity index (χ2v) is 9.12. The lowest BCUT2D eigenvalue weighted by molar-refractivity contribution is 0.418. The molecule has 0 spiro atoms. The Bertz CT molecular complexity index is 899. The van der Waals surface area contributed by atoms with Gasteiger partial charge in [0.05, 0.1) is 0 Å². The third kappa shape index (κ3) is 4.11. The molecule has 7 heteroatoms. The first-order chi connectivity index (χ1) is 12.3. The van der Waals surface area contributed by atoms with E-state index in [1.165, 1.54) is 20.7 Å². The molecule has 2 aromatic rings. The largest absolute Gasteiger partial charge is 0.281 e. The van der Waals surface area contributed by atoms with E-state index in [4.69, 9.17) is 0 Å². The van der Waals surface area contributed by atoms with Gasteiger partial charge in [0.2, 0.25) is 0 Å². The molecule has 0 amide bonds. The number of aryl methyl sites for hydroxylation is 1. The van der Waals surface area contributed by atoms with Crippen molar-refractivity contribution in [1.29, 1.82) is 0 Å². The fourth-order valence-corrected chi connectivity index (χ4v) is 4.54. The van der Waals surface area contributed by atoms with Gasteiger partial charge in [-0.05, 0) is 55.2 Å². The van der Waals surface area contributed by atoms with Crippen LogP contribution < -0.4 is 0 Å². The van der Waals surface area contributed by atoms with Gasteiger partial charge in [0.25, 0.3) is 10.2 Å². The number of hydrogen-bond donors (Lipinski definition) is 0. The summed E-state index contributed by atoms with van der Waals surface area (Å²) < 4.78 is 40.8. The molecule has 5 nitrogen and oxygen atoms in total. The van der Waals surface area contributed by atoms with Gasteiger partial charge in [0.15, 0.2) is 0 Å². The molecule has 0 radical (unpaired) electrons. The first-order valence-electron chi connectivity index (χ1n) is 8.65. The Hall–Kier alpha value is -1.83. The minimum absolute atomic E-state index is 0.0795. The zero-order chi connectivity index (χ0) is 18.9. The summed E-state index contributed by atoms with van der Waals surface area (Å²) in [4.78, 5) is 4.63. The van der Waals surface area contributed by atoms with E-state index in [0.717, 1.165) is 28.9 Å². The summed E-state index contributed by atoms with van der Waals surface area (Å²) in [5.41, 5.74) is 3.77. The molecule has 140 valence electrons. The van der Waals surface area contributed by atoms with Crippen molar-refractivity contribution in [3.05, 3.63) is 64.7 Å². The highest BCUT2D eigenvalue weighted by Crippen LogP contribution is 2.29. The molecule has 2 heterocycles. The number of benzene rings is 1. The molecule has 0 bridgehead atoms. The highest BCUT2D eigenvalue weighted by molar-refractivity contribution is 7.86. The van der Waals surface area contributed by atoms with Crippen LogP contribution in [0.2, 0.25) is 0 Å². The Labute approximate surface area is 154 Å². The van der Waals surface area contributed by atoms with Crippen LogP contribution in [-0.2, 0) is 16.6 Å². The maximum Gasteiger partial charge on any atom is 0.281 e. The van der Waals surface area contributed by atoms with Gasteiger partial charge >= 0.3 is 0 Å². The zero-order valence-electron chi connectivity index (χ0n) is 15.3. The van der Waals surface area contributed by atoms with Crippen molar-refractivity contribution < 1.29 is 12.8 Å². The molecule has 0 unspecified atom stereocenters. The molecule has 1 fully saturated rings. The van der Waals surface area contributed by atoms with Crippen LogP contribution >= 0.6 is 0 Å². The van der Waals surface area contributed by atoms with Crippen LogP contribution in [-0.4, -0.2) is 49.2 Å². The Morgan fingerprint density at radius 3 is 2.69 bits per heavy atom. The molecule has 1 aromatic heterocycles. The molecular weight excluding hydrogens is 353 g/mol. The van der Waals surface area contributed by atoms with E-state index < -0.39 is 10.2 Å². The van der Waals surface area contributed by atoms with E-state index in [0.29, 0.717) is 19.5 Å². The van der Waals surface area contributed by atoms with Crippen molar-refractivity contribution in [1.82, 2.24) is 13.6 Å². The second kappa shape index (κ2) is 7.42. The zero-order valence-corrected chi connectivity index (χ0v) is 16.1. The minimum atomic E-state index is -3.39. The smallest absolute Gasteiger partial charge is 0.258 e. The quantitative estimate of drug-likeness (QED) is 0.805. The summed E-state index contributed by atoms with van der Waals surface area (Å²) in [7, 11) is -0.301. The first-order valence-corrected chi connectivity index (χ1v) is 10.0. The Balaban J connectivity index is 1.80. The summed E-state index contributed by atoms with van der Waals surface area (Å²) in [6.07, 6.45) is 1.38. The van der Waals surface area contributed by atoms with E-state index >= 15 is 0 Å². The Morgan fingerprint density at radius 1 is 1.23 bits per heavy atom. The normalized spacial score (nSPS) is 18.6. The molecule has 1 atom stereocenters. The molecule has 1 aromatic carbocycles. The fourth-order valence-electron chi connectivity index (χ4n) is 3.37. The highest BCUT2D eigenvalue weighted by atomic mass is 32.2. The number of nitrogens with zero attached hydrogens (tertiary/aromatic N) is 3. The first kappa shape index (κ1) is 18.9. The SMILES string of the molecule is Cc1cc(Cc2cccc(F)c2)cc([C@@H]2CCN(S(=O)(=O)N(C)C)C2)n1. The second-order valence-electron chi connectivity index (χ2n) is 6.98. The summed E-state index contributed by atoms with van der Waals surface area (Å²) in [6, 6.07) is 10.6. The van der Waals surface area contributed by atoms with Crippen LogP contribution in [0.25, 0.3) is 0 Å². The summed E-state index contributed by atoms with van der Waals surface area (Å²) in [6.45, 7) is 2.87. The third-order valence-electron chi connectivity index (χ3n) is 4.69. The van der Waals surface area contributed by atoms with Crippen molar-refractivity contribution in [2.75, 3.05) is 27.2 Å². The van der Waals surface area contributed by atoms with Gasteiger partial charge in [-0.3, -0.25) is 4.98 Å². The lowest BCUT2D eigenvalue weighted by Gasteiger charge is -2.21. The van der Waals surface area contributed by atoms with Gasteiger partial charge in [-0.1, -0.05) is 12.1 Å². The molecule has 1 saturated heterocycles. The number of hydrogen-bond acceptors (Lipinski definition) is 3. The predicted octanol–water partition coefficient (Wildman–Crippen LogP) is 2.72. The van der Waals surface area contributed by atoms with Gasteiger partial charge in [0.1, 0.15) is 5.82 Å². The van der Waals surface area contributed by atoms with Crippen LogP contribution in [0.4, 0.5) is 4.39 Å². The monoisotopic (exact) mass is 377 g/mol. The summed E-state index contributed by atoms with van der Waals surface area (Å²) in [5.74, 6) is -0.162. The molecule has 1 aliphatic rings. The maximum atomic E-state index is 13.4. The Morgan fingerprint density at radius 2 is 2.00 bits per heavy atom. The third-order valence-corrected chi connectivity index (χ3v) is 6.59. The molecule has 0 aliphatic carbocycles. The van der Waals surface area contributed by atoms with Gasteiger partial charge in [-0.15, -0.1) is 0 Å². The van der Waals surface area contributed by atoms with Crippen LogP contribution in [0.3, 0.4) is 0 Å². The van der Waals surface area contributed by atoms with Gasteiger partial charge in [-0.25, -0.2) is 4.39 Å². The van der Waals surface area contributed by atoms with Crippen molar-refractivity contribution in [2.24, 2.45) is 0 Å². The topological polar surface area (TPSA) is 53.5 Å². The maximum absolute atomic E-state index is 13.4. The van der Waals surface area contributed by atoms with Gasteiger partial charge in [0, 0.05) is 44.5 Å². The van der Waals surface area contributed by atoms with E-state index in [1.807, 2.05) is 25.1 Å². The van der Waals surface area contributed by atoms with E-state index in [1.54, 1.807) is 20.2 Å². The van der Waals surface area contributed by atoms with Crippen molar-refractivity contribution >= 4 is 10.2 Å². The molecule has 1 aliphatic heterocycles. The van der Waals surface area contributed by atoms with Crippen LogP contribution in [0.5, 0.6) is 0 Å². The minimum Gasteiger partial charge on any atom is -0.258 e. The summed E-state index contributed by atoms with van der Waals surface area (Å²) in [5, 5.41) is 0. The van der Waals surface area contributed by atoms with E-state index in [-0.39, 0.29) is 11.7 Å². The van der Waals surface area contributed by atoms with E-state index in [2.05, 4.69) is 4.98 Å². The molecule has 0 saturated carbocycles. The van der Waals surface area contributed by atoms with Crippen LogP contribution in [0, 0.1) is 12.7 Å². The number of aromatic nitrogens is 1. The van der Waals surface area contributed by atoms with E-state index in [9.17, 15) is 12.8 Å². The summed E-state index contributed by atoms with van der Waals surface area (Å²) >= 11 is 0. The molecule has 3 rings (SSSR count). The molecular formula is C19H24FN3O2S. The number of rotatable bonds is 5. The highest BCUT2D eigenvalue weighted by Gasteiger charge is 2.34.